The molecule has 0 aromatic carbocycles. The van der Waals surface area contributed by atoms with Gasteiger partial charge in [0.2, 0.25) is 0 Å². The van der Waals surface area contributed by atoms with Crippen molar-refractivity contribution in [3.8, 4) is 0 Å². The highest BCUT2D eigenvalue weighted by Crippen LogP contribution is 2.35. The first kappa shape index (κ1) is 12.9. The van der Waals surface area contributed by atoms with E-state index in [9.17, 15) is 0 Å². The van der Waals surface area contributed by atoms with Crippen LogP contribution in [0.5, 0.6) is 0 Å². The number of aromatic nitrogens is 3. The van der Waals surface area contributed by atoms with E-state index in [0.29, 0.717) is 11.9 Å². The molecule has 1 aliphatic carbocycles. The first-order valence-electron chi connectivity index (χ1n) is 6.67. The molecular weight excluding hydrogens is 234 g/mol. The number of halogens is 1. The molecule has 0 bridgehead atoms. The highest BCUT2D eigenvalue weighted by atomic mass is 35.5. The first-order valence-corrected chi connectivity index (χ1v) is 7.21. The molecule has 1 saturated carbocycles. The normalized spacial score (nSPS) is 29.5. The van der Waals surface area contributed by atoms with Gasteiger partial charge in [0.05, 0.1) is 11.7 Å². The third-order valence-corrected chi connectivity index (χ3v) is 4.34. The molecule has 2 rings (SSSR count). The molecule has 1 aliphatic rings. The van der Waals surface area contributed by atoms with Crippen LogP contribution in [0.15, 0.2) is 6.20 Å². The molecule has 4 heteroatoms. The Hall–Kier alpha value is -0.570. The Morgan fingerprint density at radius 2 is 2.18 bits per heavy atom. The zero-order valence-corrected chi connectivity index (χ0v) is 11.5. The molecule has 1 heterocycles. The van der Waals surface area contributed by atoms with Crippen molar-refractivity contribution in [1.29, 1.82) is 0 Å². The van der Waals surface area contributed by atoms with Gasteiger partial charge in [-0.2, -0.15) is 0 Å². The van der Waals surface area contributed by atoms with Crippen LogP contribution in [-0.4, -0.2) is 20.9 Å². The monoisotopic (exact) mass is 255 g/mol. The maximum absolute atomic E-state index is 5.69. The molecule has 1 aromatic rings. The maximum Gasteiger partial charge on any atom is 0.0827 e. The fourth-order valence-electron chi connectivity index (χ4n) is 2.61. The second-order valence-electron chi connectivity index (χ2n) is 5.40. The van der Waals surface area contributed by atoms with Gasteiger partial charge in [-0.05, 0) is 43.9 Å². The van der Waals surface area contributed by atoms with Crippen molar-refractivity contribution in [1.82, 2.24) is 15.0 Å². The predicted octanol–water partition coefficient (Wildman–Crippen LogP) is 3.45. The summed E-state index contributed by atoms with van der Waals surface area (Å²) in [6.45, 7) is 4.70. The number of nitrogens with zero attached hydrogens (tertiary/aromatic N) is 3. The van der Waals surface area contributed by atoms with E-state index in [2.05, 4.69) is 35.0 Å². The van der Waals surface area contributed by atoms with E-state index in [1.807, 2.05) is 0 Å². The summed E-state index contributed by atoms with van der Waals surface area (Å²) in [6, 6.07) is 0.554. The Labute approximate surface area is 109 Å². The number of rotatable bonds is 4. The van der Waals surface area contributed by atoms with Gasteiger partial charge in [0, 0.05) is 12.1 Å². The van der Waals surface area contributed by atoms with Crippen molar-refractivity contribution < 1.29 is 0 Å². The van der Waals surface area contributed by atoms with E-state index in [4.69, 9.17) is 11.6 Å². The van der Waals surface area contributed by atoms with E-state index in [-0.39, 0.29) is 0 Å². The smallest absolute Gasteiger partial charge is 0.0827 e. The Morgan fingerprint density at radius 1 is 1.35 bits per heavy atom. The van der Waals surface area contributed by atoms with Gasteiger partial charge in [0.15, 0.2) is 0 Å². The van der Waals surface area contributed by atoms with Crippen molar-refractivity contribution in [2.75, 3.05) is 5.88 Å². The van der Waals surface area contributed by atoms with Crippen molar-refractivity contribution in [2.45, 2.75) is 52.0 Å². The molecule has 0 amide bonds. The average Bonchev–Trinajstić information content (AvgIpc) is 2.79. The average molecular weight is 256 g/mol. The van der Waals surface area contributed by atoms with Gasteiger partial charge in [-0.15, -0.1) is 16.7 Å². The minimum absolute atomic E-state index is 0.554. The van der Waals surface area contributed by atoms with Crippen LogP contribution in [0.2, 0.25) is 0 Å². The number of aryl methyl sites for hydroxylation is 1. The Bertz CT molecular complexity index is 350. The molecule has 0 aliphatic heterocycles. The summed E-state index contributed by atoms with van der Waals surface area (Å²) in [5, 5.41) is 8.50. The topological polar surface area (TPSA) is 30.7 Å². The number of alkyl halides is 1. The van der Waals surface area contributed by atoms with Crippen LogP contribution in [0.25, 0.3) is 0 Å². The molecular formula is C13H22ClN3. The molecule has 3 unspecified atom stereocenters. The molecule has 1 aromatic heterocycles. The second-order valence-corrected chi connectivity index (χ2v) is 5.78. The van der Waals surface area contributed by atoms with E-state index in [1.54, 1.807) is 0 Å². The largest absolute Gasteiger partial charge is 0.249 e. The lowest BCUT2D eigenvalue weighted by Crippen LogP contribution is -2.23. The van der Waals surface area contributed by atoms with Crippen LogP contribution in [0.3, 0.4) is 0 Å². The van der Waals surface area contributed by atoms with E-state index >= 15 is 0 Å². The fraction of sp³-hybridized carbons (Fsp3) is 0.846. The number of hydrogen-bond acceptors (Lipinski definition) is 2. The highest BCUT2D eigenvalue weighted by molar-refractivity contribution is 6.17. The summed E-state index contributed by atoms with van der Waals surface area (Å²) >= 11 is 5.69. The molecule has 17 heavy (non-hydrogen) atoms. The minimum Gasteiger partial charge on any atom is -0.249 e. The second kappa shape index (κ2) is 5.85. The molecule has 1 fully saturated rings. The summed E-state index contributed by atoms with van der Waals surface area (Å²) < 4.78 is 2.08. The SMILES string of the molecule is CC1CCC(n2cc(CCCCl)nn2)CC1C. The predicted molar refractivity (Wildman–Crippen MR) is 70.3 cm³/mol. The fourth-order valence-corrected chi connectivity index (χ4v) is 2.75. The molecule has 0 saturated heterocycles. The van der Waals surface area contributed by atoms with Crippen LogP contribution in [0, 0.1) is 11.8 Å². The van der Waals surface area contributed by atoms with Crippen LogP contribution in [0.4, 0.5) is 0 Å². The summed E-state index contributed by atoms with van der Waals surface area (Å²) in [6.07, 6.45) is 7.83. The van der Waals surface area contributed by atoms with Gasteiger partial charge in [0.25, 0.3) is 0 Å². The summed E-state index contributed by atoms with van der Waals surface area (Å²) in [5.74, 6) is 2.35. The Balaban J connectivity index is 1.95. The Morgan fingerprint density at radius 3 is 2.88 bits per heavy atom. The Kier molecular flexibility index (Phi) is 4.43. The van der Waals surface area contributed by atoms with Crippen molar-refractivity contribution >= 4 is 11.6 Å². The van der Waals surface area contributed by atoms with E-state index < -0.39 is 0 Å². The zero-order valence-electron chi connectivity index (χ0n) is 10.8. The van der Waals surface area contributed by atoms with Crippen molar-refractivity contribution in [3.63, 3.8) is 0 Å². The van der Waals surface area contributed by atoms with Crippen molar-refractivity contribution in [3.05, 3.63) is 11.9 Å². The molecule has 0 N–H and O–H groups in total. The van der Waals surface area contributed by atoms with Gasteiger partial charge >= 0.3 is 0 Å². The van der Waals surface area contributed by atoms with Gasteiger partial charge in [-0.1, -0.05) is 19.1 Å². The minimum atomic E-state index is 0.554. The van der Waals surface area contributed by atoms with Crippen LogP contribution in [0.1, 0.15) is 51.3 Å². The lowest BCUT2D eigenvalue weighted by molar-refractivity contribution is 0.199. The molecule has 0 spiro atoms. The zero-order chi connectivity index (χ0) is 12.3. The maximum atomic E-state index is 5.69. The highest BCUT2D eigenvalue weighted by Gasteiger charge is 2.26. The summed E-state index contributed by atoms with van der Waals surface area (Å²) in [7, 11) is 0. The van der Waals surface area contributed by atoms with Crippen molar-refractivity contribution in [2.24, 2.45) is 11.8 Å². The summed E-state index contributed by atoms with van der Waals surface area (Å²) in [4.78, 5) is 0. The van der Waals surface area contributed by atoms with Gasteiger partial charge in [-0.3, -0.25) is 0 Å². The first-order chi connectivity index (χ1) is 8.20. The molecule has 3 atom stereocenters. The number of hydrogen-bond donors (Lipinski definition) is 0. The lowest BCUT2D eigenvalue weighted by atomic mass is 9.79. The van der Waals surface area contributed by atoms with Crippen LogP contribution < -0.4 is 0 Å². The van der Waals surface area contributed by atoms with Crippen LogP contribution in [-0.2, 0) is 6.42 Å². The molecule has 96 valence electrons. The van der Waals surface area contributed by atoms with Gasteiger partial charge in [0.1, 0.15) is 0 Å². The standard InChI is InChI=1S/C13H22ClN3/c1-10-5-6-13(8-11(10)2)17-9-12(15-16-17)4-3-7-14/h9-11,13H,3-8H2,1-2H3. The summed E-state index contributed by atoms with van der Waals surface area (Å²) in [5.41, 5.74) is 1.08. The van der Waals surface area contributed by atoms with E-state index in [1.165, 1.54) is 19.3 Å². The third-order valence-electron chi connectivity index (χ3n) is 4.07. The quantitative estimate of drug-likeness (QED) is 0.772. The lowest BCUT2D eigenvalue weighted by Gasteiger charge is -2.31. The van der Waals surface area contributed by atoms with Crippen LogP contribution >= 0.6 is 11.6 Å². The molecule has 0 radical (unpaired) electrons. The van der Waals surface area contributed by atoms with E-state index in [0.717, 1.165) is 30.4 Å². The third kappa shape index (κ3) is 3.21. The van der Waals surface area contributed by atoms with Gasteiger partial charge in [-0.25, -0.2) is 4.68 Å². The molecule has 3 nitrogen and oxygen atoms in total. The van der Waals surface area contributed by atoms with Gasteiger partial charge < -0.3 is 0 Å².